The van der Waals surface area contributed by atoms with Gasteiger partial charge in [-0.2, -0.15) is 0 Å². The van der Waals surface area contributed by atoms with E-state index in [1.54, 1.807) is 0 Å². The molecule has 3 aliphatic rings. The minimum atomic E-state index is 0.622. The lowest BCUT2D eigenvalue weighted by Gasteiger charge is -2.29. The maximum Gasteiger partial charge on any atom is 0.0578 e. The van der Waals surface area contributed by atoms with Gasteiger partial charge in [0.05, 0.1) is 12.2 Å². The molecule has 1 aliphatic heterocycles. The van der Waals surface area contributed by atoms with E-state index in [1.165, 1.54) is 77.0 Å². The monoisotopic (exact) mass is 254 g/mol. The van der Waals surface area contributed by atoms with Gasteiger partial charge in [0.25, 0.3) is 0 Å². The first-order valence-corrected chi connectivity index (χ1v) is 8.18. The summed E-state index contributed by atoms with van der Waals surface area (Å²) < 4.78 is 11.1. The third-order valence-corrected chi connectivity index (χ3v) is 4.32. The molecule has 2 nitrogen and oxygen atoms in total. The normalized spacial score (nSPS) is 26.7. The van der Waals surface area contributed by atoms with Gasteiger partial charge < -0.3 is 9.47 Å². The molecular weight excluding hydrogens is 224 g/mol. The lowest BCUT2D eigenvalue weighted by molar-refractivity contribution is -0.0450. The number of hydrogen-bond donors (Lipinski definition) is 0. The maximum absolute atomic E-state index is 6.13. The first kappa shape index (κ1) is 14.3. The van der Waals surface area contributed by atoms with Gasteiger partial charge in [0, 0.05) is 13.2 Å². The van der Waals surface area contributed by atoms with Gasteiger partial charge in [0.2, 0.25) is 0 Å². The molecule has 1 heterocycles. The van der Waals surface area contributed by atoms with Crippen molar-refractivity contribution in [1.82, 2.24) is 0 Å². The molecule has 0 atom stereocenters. The van der Waals surface area contributed by atoms with Gasteiger partial charge in [-0.1, -0.05) is 38.5 Å². The Morgan fingerprint density at radius 3 is 1.33 bits per heavy atom. The van der Waals surface area contributed by atoms with Crippen molar-refractivity contribution in [3.8, 4) is 0 Å². The van der Waals surface area contributed by atoms with E-state index in [0.717, 1.165) is 13.2 Å². The van der Waals surface area contributed by atoms with Crippen LogP contribution in [0.25, 0.3) is 0 Å². The Hall–Kier alpha value is -0.0800. The van der Waals surface area contributed by atoms with E-state index in [0.29, 0.717) is 12.2 Å². The Bertz CT molecular complexity index is 166. The molecule has 106 valence electrons. The second-order valence-corrected chi connectivity index (χ2v) is 5.98. The quantitative estimate of drug-likeness (QED) is 0.724. The van der Waals surface area contributed by atoms with Gasteiger partial charge in [-0.15, -0.1) is 0 Å². The molecular formula is C16H30O2. The summed E-state index contributed by atoms with van der Waals surface area (Å²) in [7, 11) is 0. The zero-order chi connectivity index (χ0) is 12.5. The van der Waals surface area contributed by atoms with Crippen LogP contribution in [0.2, 0.25) is 0 Å². The van der Waals surface area contributed by atoms with Crippen LogP contribution in [0.15, 0.2) is 0 Å². The molecule has 0 aromatic heterocycles. The SMILES string of the molecule is C1CCC(OC2CCCCC2)CC1.C1CCOC1. The molecule has 3 rings (SSSR count). The third kappa shape index (κ3) is 5.71. The zero-order valence-corrected chi connectivity index (χ0v) is 11.9. The smallest absolute Gasteiger partial charge is 0.0578 e. The second-order valence-electron chi connectivity index (χ2n) is 5.98. The van der Waals surface area contributed by atoms with Gasteiger partial charge in [0.1, 0.15) is 0 Å². The van der Waals surface area contributed by atoms with Crippen LogP contribution in [0.3, 0.4) is 0 Å². The van der Waals surface area contributed by atoms with Crippen molar-refractivity contribution in [2.75, 3.05) is 13.2 Å². The highest BCUT2D eigenvalue weighted by Gasteiger charge is 2.20. The van der Waals surface area contributed by atoms with Gasteiger partial charge in [-0.05, 0) is 38.5 Å². The Morgan fingerprint density at radius 2 is 1.00 bits per heavy atom. The van der Waals surface area contributed by atoms with Crippen LogP contribution < -0.4 is 0 Å². The molecule has 2 heteroatoms. The minimum absolute atomic E-state index is 0.622. The molecule has 0 spiro atoms. The molecule has 0 aromatic rings. The average molecular weight is 254 g/mol. The standard InChI is InChI=1S/C12H22O.C4H8O/c1-3-7-11(8-4-1)13-12-9-5-2-6-10-12;1-2-4-5-3-1/h11-12H,1-10H2;1-4H2. The topological polar surface area (TPSA) is 18.5 Å². The molecule has 0 N–H and O–H groups in total. The molecule has 0 unspecified atom stereocenters. The van der Waals surface area contributed by atoms with Crippen LogP contribution in [-0.4, -0.2) is 25.4 Å². The van der Waals surface area contributed by atoms with E-state index in [1.807, 2.05) is 0 Å². The summed E-state index contributed by atoms with van der Waals surface area (Å²) in [5.74, 6) is 0. The van der Waals surface area contributed by atoms with Crippen molar-refractivity contribution in [2.45, 2.75) is 89.3 Å². The summed E-state index contributed by atoms with van der Waals surface area (Å²) in [6, 6.07) is 0. The van der Waals surface area contributed by atoms with Crippen molar-refractivity contribution in [3.05, 3.63) is 0 Å². The first-order chi connectivity index (χ1) is 8.95. The fourth-order valence-electron chi connectivity index (χ4n) is 3.18. The van der Waals surface area contributed by atoms with Crippen LogP contribution in [0.1, 0.15) is 77.0 Å². The van der Waals surface area contributed by atoms with Gasteiger partial charge in [0.15, 0.2) is 0 Å². The lowest BCUT2D eigenvalue weighted by Crippen LogP contribution is -2.25. The van der Waals surface area contributed by atoms with Crippen LogP contribution in [0, 0.1) is 0 Å². The van der Waals surface area contributed by atoms with E-state index in [4.69, 9.17) is 9.47 Å². The molecule has 2 saturated carbocycles. The van der Waals surface area contributed by atoms with Crippen LogP contribution in [0.4, 0.5) is 0 Å². The van der Waals surface area contributed by atoms with Gasteiger partial charge in [-0.25, -0.2) is 0 Å². The maximum atomic E-state index is 6.13. The molecule has 3 fully saturated rings. The van der Waals surface area contributed by atoms with E-state index in [9.17, 15) is 0 Å². The molecule has 0 radical (unpaired) electrons. The van der Waals surface area contributed by atoms with E-state index < -0.39 is 0 Å². The highest BCUT2D eigenvalue weighted by atomic mass is 16.5. The van der Waals surface area contributed by atoms with Crippen molar-refractivity contribution in [3.63, 3.8) is 0 Å². The summed E-state index contributed by atoms with van der Waals surface area (Å²) in [5, 5.41) is 0. The molecule has 0 aromatic carbocycles. The number of hydrogen-bond acceptors (Lipinski definition) is 2. The van der Waals surface area contributed by atoms with Crippen LogP contribution in [-0.2, 0) is 9.47 Å². The average Bonchev–Trinajstić information content (AvgIpc) is 3.00. The van der Waals surface area contributed by atoms with Crippen LogP contribution >= 0.6 is 0 Å². The predicted octanol–water partition coefficient (Wildman–Crippen LogP) is 4.47. The van der Waals surface area contributed by atoms with E-state index in [2.05, 4.69) is 0 Å². The Labute approximate surface area is 112 Å². The summed E-state index contributed by atoms with van der Waals surface area (Å²) in [5.41, 5.74) is 0. The number of rotatable bonds is 2. The summed E-state index contributed by atoms with van der Waals surface area (Å²) in [6.07, 6.45) is 17.6. The molecule has 0 amide bonds. The Kier molecular flexibility index (Phi) is 7.11. The van der Waals surface area contributed by atoms with Gasteiger partial charge in [-0.3, -0.25) is 0 Å². The van der Waals surface area contributed by atoms with Crippen molar-refractivity contribution in [1.29, 1.82) is 0 Å². The third-order valence-electron chi connectivity index (χ3n) is 4.32. The fourth-order valence-corrected chi connectivity index (χ4v) is 3.18. The fraction of sp³-hybridized carbons (Fsp3) is 1.00. The predicted molar refractivity (Wildman–Crippen MR) is 74.9 cm³/mol. The van der Waals surface area contributed by atoms with Crippen molar-refractivity contribution >= 4 is 0 Å². The summed E-state index contributed by atoms with van der Waals surface area (Å²) >= 11 is 0. The van der Waals surface area contributed by atoms with Crippen LogP contribution in [0.5, 0.6) is 0 Å². The largest absolute Gasteiger partial charge is 0.381 e. The van der Waals surface area contributed by atoms with Crippen molar-refractivity contribution < 1.29 is 9.47 Å². The first-order valence-electron chi connectivity index (χ1n) is 8.18. The Balaban J connectivity index is 0.000000202. The van der Waals surface area contributed by atoms with E-state index in [-0.39, 0.29) is 0 Å². The highest BCUT2D eigenvalue weighted by molar-refractivity contribution is 4.71. The second kappa shape index (κ2) is 8.92. The highest BCUT2D eigenvalue weighted by Crippen LogP contribution is 2.26. The molecule has 18 heavy (non-hydrogen) atoms. The summed E-state index contributed by atoms with van der Waals surface area (Å²) in [4.78, 5) is 0. The Morgan fingerprint density at radius 1 is 0.556 bits per heavy atom. The number of ether oxygens (including phenoxy) is 2. The molecule has 2 aliphatic carbocycles. The zero-order valence-electron chi connectivity index (χ0n) is 11.9. The van der Waals surface area contributed by atoms with E-state index >= 15 is 0 Å². The molecule has 1 saturated heterocycles. The van der Waals surface area contributed by atoms with Crippen molar-refractivity contribution in [2.24, 2.45) is 0 Å². The van der Waals surface area contributed by atoms with Gasteiger partial charge >= 0.3 is 0 Å². The molecule has 0 bridgehead atoms. The lowest BCUT2D eigenvalue weighted by atomic mass is 9.95. The summed E-state index contributed by atoms with van der Waals surface area (Å²) in [6.45, 7) is 2.00. The minimum Gasteiger partial charge on any atom is -0.381 e.